The van der Waals surface area contributed by atoms with Crippen molar-refractivity contribution in [1.82, 2.24) is 0 Å². The van der Waals surface area contributed by atoms with E-state index >= 15 is 0 Å². The second kappa shape index (κ2) is 4.35. The van der Waals surface area contributed by atoms with Crippen molar-refractivity contribution in [2.24, 2.45) is 0 Å². The molecule has 0 bridgehead atoms. The number of hydrogen-bond donors (Lipinski definition) is 0. The predicted octanol–water partition coefficient (Wildman–Crippen LogP) is 5.38. The van der Waals surface area contributed by atoms with E-state index in [1.807, 2.05) is 0 Å². The van der Waals surface area contributed by atoms with E-state index in [0.29, 0.717) is 3.67 Å². The molecule has 2 aliphatic rings. The first-order chi connectivity index (χ1) is 11.6. The van der Waals surface area contributed by atoms with Crippen LogP contribution in [-0.2, 0) is 14.2 Å². The van der Waals surface area contributed by atoms with Gasteiger partial charge >= 0.3 is 148 Å². The molecule has 2 heteroatoms. The molecule has 0 spiro atoms. The topological polar surface area (TPSA) is 0 Å². The van der Waals surface area contributed by atoms with Crippen molar-refractivity contribution >= 4 is 16.3 Å². The van der Waals surface area contributed by atoms with Crippen LogP contribution in [0.5, 0.6) is 0 Å². The van der Waals surface area contributed by atoms with E-state index in [1.165, 1.54) is 11.1 Å². The van der Waals surface area contributed by atoms with Crippen LogP contribution in [0.15, 0.2) is 82.2 Å². The summed E-state index contributed by atoms with van der Waals surface area (Å²) in [6, 6.07) is 20.4. The Morgan fingerprint density at radius 2 is 1.60 bits per heavy atom. The molecule has 2 aromatic carbocycles. The average Bonchev–Trinajstić information content (AvgIpc) is 3.27. The predicted molar refractivity (Wildman–Crippen MR) is 112 cm³/mol. The average molecular weight is 511 g/mol. The van der Waals surface area contributed by atoms with E-state index in [0.717, 1.165) is 6.42 Å². The Morgan fingerprint density at radius 1 is 0.920 bits per heavy atom. The standard InChI is InChI=1S/C9H7.C6H5.C5H5.3CH3.Hf.H2Si/c1-2-5-9-7-3-6-8(9)4-1;1-2-4-6-5-3-1;1-2-4-5-3-1;;;;;/h1-7H;1-5H;1-3H,4H2;3*1H3;;1H2. The molecule has 0 radical (unpaired) electrons. The molecule has 0 nitrogen and oxygen atoms in total. The molecule has 0 aromatic heterocycles. The van der Waals surface area contributed by atoms with Gasteiger partial charge in [0.1, 0.15) is 0 Å². The molecule has 0 N–H and O–H groups in total. The van der Waals surface area contributed by atoms with Crippen LogP contribution < -0.4 is 3.32 Å². The van der Waals surface area contributed by atoms with Gasteiger partial charge in [-0.2, -0.15) is 0 Å². The van der Waals surface area contributed by atoms with E-state index in [4.69, 9.17) is 0 Å². The van der Waals surface area contributed by atoms with Crippen LogP contribution in [0, 0.1) is 0 Å². The fraction of sp³-hybridized carbons (Fsp3) is 0.217. The van der Waals surface area contributed by atoms with Gasteiger partial charge in [0.2, 0.25) is 0 Å². The van der Waals surface area contributed by atoms with Gasteiger partial charge in [-0.05, 0) is 0 Å². The van der Waals surface area contributed by atoms with Crippen LogP contribution in [0.3, 0.4) is 0 Å². The van der Waals surface area contributed by atoms with Crippen molar-refractivity contribution in [1.29, 1.82) is 0 Å². The molecule has 25 heavy (non-hydrogen) atoms. The van der Waals surface area contributed by atoms with Gasteiger partial charge in [-0.15, -0.1) is 0 Å². The molecular weight excluding hydrogens is 483 g/mol. The van der Waals surface area contributed by atoms with Crippen molar-refractivity contribution in [3.05, 3.63) is 93.4 Å². The van der Waals surface area contributed by atoms with Gasteiger partial charge in [0, 0.05) is 0 Å². The zero-order valence-electron chi connectivity index (χ0n) is 15.6. The summed E-state index contributed by atoms with van der Waals surface area (Å²) in [6.07, 6.45) is 13.0. The Bertz CT molecular complexity index is 1090. The second-order valence-electron chi connectivity index (χ2n) is 11.1. The van der Waals surface area contributed by atoms with Crippen LogP contribution in [0.1, 0.15) is 21.2 Å². The van der Waals surface area contributed by atoms with E-state index in [-0.39, 0.29) is 0 Å². The van der Waals surface area contributed by atoms with Crippen molar-refractivity contribution in [2.45, 2.75) is 24.1 Å². The van der Waals surface area contributed by atoms with Gasteiger partial charge in [-0.3, -0.25) is 0 Å². The van der Waals surface area contributed by atoms with E-state index in [9.17, 15) is 0 Å². The number of hydrogen-bond acceptors (Lipinski definition) is 0. The van der Waals surface area contributed by atoms with Gasteiger partial charge in [0.25, 0.3) is 0 Å². The van der Waals surface area contributed by atoms with Crippen LogP contribution in [0.4, 0.5) is 0 Å². The Kier molecular flexibility index (Phi) is 2.99. The van der Waals surface area contributed by atoms with Crippen LogP contribution >= 0.6 is 0 Å². The van der Waals surface area contributed by atoms with E-state index in [1.54, 1.807) is 6.65 Å². The maximum absolute atomic E-state index is 4.70. The van der Waals surface area contributed by atoms with Crippen LogP contribution in [0.2, 0.25) is 14.0 Å². The Morgan fingerprint density at radius 3 is 2.28 bits per heavy atom. The van der Waals surface area contributed by atoms with Crippen LogP contribution in [0.25, 0.3) is 6.08 Å². The summed E-state index contributed by atoms with van der Waals surface area (Å²) in [6.45, 7) is 2.36. The summed E-state index contributed by atoms with van der Waals surface area (Å²) < 4.78 is 11.7. The SMILES string of the molecule is [CH3][Hf]([CH3])([CH3])(=[SiH2])([C]1=CC=CC1)([c]1ccccc1)[CH]1C=Cc2ccccc21. The zero-order valence-corrected chi connectivity index (χ0v) is 20.6. The molecule has 0 heterocycles. The number of fused-ring (bicyclic) bond motifs is 1. The molecule has 2 aromatic rings. The second-order valence-corrected chi connectivity index (χ2v) is 86.5. The molecule has 4 rings (SSSR count). The van der Waals surface area contributed by atoms with Gasteiger partial charge < -0.3 is 0 Å². The third-order valence-corrected chi connectivity index (χ3v) is 54.2. The number of allylic oxidation sites excluding steroid dienone is 5. The first-order valence-electron chi connectivity index (χ1n) is 9.34. The van der Waals surface area contributed by atoms with Crippen molar-refractivity contribution in [3.8, 4) is 0 Å². The molecule has 0 amide bonds. The van der Waals surface area contributed by atoms with Crippen molar-refractivity contribution in [3.63, 3.8) is 0 Å². The molecule has 2 aliphatic carbocycles. The van der Waals surface area contributed by atoms with Crippen LogP contribution in [-0.4, -0.2) is 6.94 Å². The Labute approximate surface area is 147 Å². The summed E-state index contributed by atoms with van der Waals surface area (Å²) in [4.78, 5) is 0. The maximum atomic E-state index is 2.67. The van der Waals surface area contributed by atoms with Gasteiger partial charge in [-0.25, -0.2) is 0 Å². The molecule has 0 fully saturated rings. The third kappa shape index (κ3) is 2.01. The zero-order chi connectivity index (χ0) is 17.9. The first-order valence-corrected chi connectivity index (χ1v) is 34.1. The molecule has 0 saturated carbocycles. The molecular formula is C23H28HfSi. The summed E-state index contributed by atoms with van der Waals surface area (Å²) in [5.74, 6) is 0. The van der Waals surface area contributed by atoms with E-state index in [2.05, 4.69) is 106 Å². The van der Waals surface area contributed by atoms with Gasteiger partial charge in [-0.1, -0.05) is 0 Å². The first kappa shape index (κ1) is 17.2. The number of rotatable bonds is 3. The molecule has 128 valence electrons. The van der Waals surface area contributed by atoms with Gasteiger partial charge in [0.05, 0.1) is 0 Å². The normalized spacial score (nSPS) is 23.2. The molecule has 1 unspecified atom stereocenters. The summed E-state index contributed by atoms with van der Waals surface area (Å²) in [5, 5.41) is 0. The monoisotopic (exact) mass is 512 g/mol. The summed E-state index contributed by atoms with van der Waals surface area (Å²) in [7, 11) is 0. The molecule has 0 saturated heterocycles. The quantitative estimate of drug-likeness (QED) is 0.486. The van der Waals surface area contributed by atoms with E-state index < -0.39 is 14.2 Å². The van der Waals surface area contributed by atoms with Crippen molar-refractivity contribution < 1.29 is 14.2 Å². The molecule has 0 aliphatic heterocycles. The molecule has 1 atom stereocenters. The fourth-order valence-electron chi connectivity index (χ4n) is 5.57. The third-order valence-electron chi connectivity index (χ3n) is 7.73. The minimum absolute atomic E-state index is 0.451. The van der Waals surface area contributed by atoms with Crippen molar-refractivity contribution in [2.75, 3.05) is 0 Å². The summed E-state index contributed by atoms with van der Waals surface area (Å²) in [5.41, 5.74) is 2.90. The number of benzene rings is 2. The minimum atomic E-state index is -4.70. The Balaban J connectivity index is 2.18. The summed E-state index contributed by atoms with van der Waals surface area (Å²) >= 11 is -4.70. The Hall–Kier alpha value is -1.25. The fourth-order valence-corrected chi connectivity index (χ4v) is 40.0. The van der Waals surface area contributed by atoms with Gasteiger partial charge in [0.15, 0.2) is 0 Å².